The average molecular weight is 452 g/mol. The molecule has 1 atom stereocenters. The molecule has 5 rings (SSSR count). The number of carbonyl (C=O) groups is 1. The Bertz CT molecular complexity index is 1260. The van der Waals surface area contributed by atoms with Gasteiger partial charge in [0.15, 0.2) is 17.6 Å². The summed E-state index contributed by atoms with van der Waals surface area (Å²) in [4.78, 5) is 13.1. The molecule has 2 aliphatic heterocycles. The Kier molecular flexibility index (Phi) is 5.10. The van der Waals surface area contributed by atoms with Crippen molar-refractivity contribution < 1.29 is 27.4 Å². The maximum absolute atomic E-state index is 13.3. The molecule has 0 saturated heterocycles. The first-order valence-corrected chi connectivity index (χ1v) is 11.5. The van der Waals surface area contributed by atoms with Crippen LogP contribution in [-0.2, 0) is 21.4 Å². The number of carbonyl (C=O) groups excluding carboxylic acids is 1. The molecule has 0 spiro atoms. The molecular formula is C23H20N2O6S. The fourth-order valence-electron chi connectivity index (χ4n) is 3.64. The van der Waals surface area contributed by atoms with Gasteiger partial charge in [-0.05, 0) is 42.0 Å². The van der Waals surface area contributed by atoms with E-state index in [1.807, 2.05) is 6.07 Å². The molecule has 32 heavy (non-hydrogen) atoms. The van der Waals surface area contributed by atoms with Gasteiger partial charge in [0, 0.05) is 6.54 Å². The molecule has 3 aromatic carbocycles. The van der Waals surface area contributed by atoms with Crippen LogP contribution in [-0.4, -0.2) is 33.8 Å². The Labute approximate surface area is 185 Å². The second-order valence-electron chi connectivity index (χ2n) is 7.33. The Morgan fingerprint density at radius 3 is 2.53 bits per heavy atom. The van der Waals surface area contributed by atoms with Crippen LogP contribution in [0.1, 0.15) is 5.56 Å². The normalized spacial score (nSPS) is 16.8. The van der Waals surface area contributed by atoms with Gasteiger partial charge < -0.3 is 19.5 Å². The predicted octanol–water partition coefficient (Wildman–Crippen LogP) is 2.69. The number of ether oxygens (including phenoxy) is 3. The Morgan fingerprint density at radius 1 is 0.938 bits per heavy atom. The van der Waals surface area contributed by atoms with E-state index >= 15 is 0 Å². The molecule has 2 heterocycles. The van der Waals surface area contributed by atoms with Crippen molar-refractivity contribution in [2.24, 2.45) is 0 Å². The van der Waals surface area contributed by atoms with Gasteiger partial charge in [-0.1, -0.05) is 36.4 Å². The second-order valence-corrected chi connectivity index (χ2v) is 9.19. The number of amides is 1. The highest BCUT2D eigenvalue weighted by Crippen LogP contribution is 2.37. The van der Waals surface area contributed by atoms with Crippen molar-refractivity contribution in [1.29, 1.82) is 0 Å². The summed E-state index contributed by atoms with van der Waals surface area (Å²) in [5, 5.41) is 2.82. The highest BCUT2D eigenvalue weighted by atomic mass is 32.2. The molecule has 2 aliphatic rings. The van der Waals surface area contributed by atoms with E-state index in [2.05, 4.69) is 5.32 Å². The first-order valence-electron chi connectivity index (χ1n) is 10.0. The maximum atomic E-state index is 13.3. The van der Waals surface area contributed by atoms with Gasteiger partial charge in [0.25, 0.3) is 15.9 Å². The summed E-state index contributed by atoms with van der Waals surface area (Å²) >= 11 is 0. The molecular weight excluding hydrogens is 432 g/mol. The van der Waals surface area contributed by atoms with Crippen LogP contribution in [0.3, 0.4) is 0 Å². The number of para-hydroxylation sites is 2. The molecule has 3 aromatic rings. The quantitative estimate of drug-likeness (QED) is 0.640. The van der Waals surface area contributed by atoms with Crippen LogP contribution >= 0.6 is 0 Å². The van der Waals surface area contributed by atoms with Crippen molar-refractivity contribution in [2.45, 2.75) is 17.5 Å². The highest BCUT2D eigenvalue weighted by molar-refractivity contribution is 7.92. The molecule has 164 valence electrons. The minimum absolute atomic E-state index is 0.138. The number of sulfonamides is 1. The topological polar surface area (TPSA) is 94.2 Å². The first-order chi connectivity index (χ1) is 15.5. The number of anilines is 1. The lowest BCUT2D eigenvalue weighted by molar-refractivity contribution is -0.127. The Hall–Kier alpha value is -3.72. The standard InChI is InChI=1S/C23H20N2O6S/c26-23(24-13-16-10-11-20-21(12-16)30-15-29-20)22-14-25(18-8-4-5-9-19(18)31-22)32(27,28)17-6-2-1-3-7-17/h1-12,22H,13-15H2,(H,24,26). The van der Waals surface area contributed by atoms with Crippen molar-refractivity contribution >= 4 is 21.6 Å². The van der Waals surface area contributed by atoms with Gasteiger partial charge in [-0.3, -0.25) is 9.10 Å². The number of nitrogens with one attached hydrogen (secondary N) is 1. The fourth-order valence-corrected chi connectivity index (χ4v) is 5.14. The van der Waals surface area contributed by atoms with Crippen LogP contribution in [0, 0.1) is 0 Å². The summed E-state index contributed by atoms with van der Waals surface area (Å²) in [6, 6.07) is 20.3. The van der Waals surface area contributed by atoms with E-state index in [0.717, 1.165) is 5.56 Å². The summed E-state index contributed by atoms with van der Waals surface area (Å²) < 4.78 is 44.4. The Balaban J connectivity index is 1.37. The molecule has 0 radical (unpaired) electrons. The van der Waals surface area contributed by atoms with Crippen LogP contribution in [0.25, 0.3) is 0 Å². The van der Waals surface area contributed by atoms with Gasteiger partial charge in [0.05, 0.1) is 17.1 Å². The number of fused-ring (bicyclic) bond motifs is 2. The van der Waals surface area contributed by atoms with Crippen LogP contribution < -0.4 is 23.8 Å². The van der Waals surface area contributed by atoms with Crippen molar-refractivity contribution in [1.82, 2.24) is 5.32 Å². The van der Waals surface area contributed by atoms with E-state index in [-0.39, 0.29) is 24.8 Å². The third-order valence-electron chi connectivity index (χ3n) is 5.26. The van der Waals surface area contributed by atoms with Crippen molar-refractivity contribution in [3.8, 4) is 17.2 Å². The lowest BCUT2D eigenvalue weighted by Crippen LogP contribution is -2.50. The molecule has 9 heteroatoms. The first kappa shape index (κ1) is 20.2. The smallest absolute Gasteiger partial charge is 0.264 e. The third kappa shape index (κ3) is 3.71. The monoisotopic (exact) mass is 452 g/mol. The lowest BCUT2D eigenvalue weighted by atomic mass is 10.2. The van der Waals surface area contributed by atoms with Crippen molar-refractivity contribution in [2.75, 3.05) is 17.6 Å². The third-order valence-corrected chi connectivity index (χ3v) is 7.06. The molecule has 0 fully saturated rings. The van der Waals surface area contributed by atoms with E-state index in [4.69, 9.17) is 14.2 Å². The molecule has 1 N–H and O–H groups in total. The summed E-state index contributed by atoms with van der Waals surface area (Å²) in [6.07, 6.45) is -1.00. The summed E-state index contributed by atoms with van der Waals surface area (Å²) in [5.41, 5.74) is 1.23. The van der Waals surface area contributed by atoms with E-state index in [9.17, 15) is 13.2 Å². The van der Waals surface area contributed by atoms with Gasteiger partial charge in [0.1, 0.15) is 5.75 Å². The molecule has 0 bridgehead atoms. The van der Waals surface area contributed by atoms with E-state index < -0.39 is 22.0 Å². The SMILES string of the molecule is O=C(NCc1ccc2c(c1)OCO2)C1CN(S(=O)(=O)c2ccccc2)c2ccccc2O1. The number of nitrogens with zero attached hydrogens (tertiary/aromatic N) is 1. The minimum Gasteiger partial charge on any atom is -0.476 e. The minimum atomic E-state index is -3.87. The molecule has 1 unspecified atom stereocenters. The van der Waals surface area contributed by atoms with Gasteiger partial charge in [-0.25, -0.2) is 8.42 Å². The molecule has 0 saturated carbocycles. The molecule has 8 nitrogen and oxygen atoms in total. The Morgan fingerprint density at radius 2 is 1.69 bits per heavy atom. The highest BCUT2D eigenvalue weighted by Gasteiger charge is 2.37. The van der Waals surface area contributed by atoms with Crippen LogP contribution in [0.15, 0.2) is 77.7 Å². The van der Waals surface area contributed by atoms with Crippen LogP contribution in [0.4, 0.5) is 5.69 Å². The molecule has 0 aromatic heterocycles. The van der Waals surface area contributed by atoms with Gasteiger partial charge in [-0.15, -0.1) is 0 Å². The van der Waals surface area contributed by atoms with Gasteiger partial charge >= 0.3 is 0 Å². The van der Waals surface area contributed by atoms with Crippen molar-refractivity contribution in [3.63, 3.8) is 0 Å². The van der Waals surface area contributed by atoms with E-state index in [1.165, 1.54) is 16.4 Å². The second kappa shape index (κ2) is 8.08. The summed E-state index contributed by atoms with van der Waals surface area (Å²) in [5.74, 6) is 1.21. The van der Waals surface area contributed by atoms with Crippen LogP contribution in [0.5, 0.6) is 17.2 Å². The average Bonchev–Trinajstić information content (AvgIpc) is 3.30. The molecule has 0 aliphatic carbocycles. The number of hydrogen-bond donors (Lipinski definition) is 1. The fraction of sp³-hybridized carbons (Fsp3) is 0.174. The number of hydrogen-bond acceptors (Lipinski definition) is 6. The zero-order valence-corrected chi connectivity index (χ0v) is 17.7. The predicted molar refractivity (Wildman–Crippen MR) is 116 cm³/mol. The number of benzene rings is 3. The number of rotatable bonds is 5. The van der Waals surface area contributed by atoms with Crippen LogP contribution in [0.2, 0.25) is 0 Å². The maximum Gasteiger partial charge on any atom is 0.264 e. The largest absolute Gasteiger partial charge is 0.476 e. The lowest BCUT2D eigenvalue weighted by Gasteiger charge is -2.34. The van der Waals surface area contributed by atoms with Crippen molar-refractivity contribution in [3.05, 3.63) is 78.4 Å². The summed E-state index contributed by atoms with van der Waals surface area (Å²) in [6.45, 7) is 0.274. The van der Waals surface area contributed by atoms with E-state index in [0.29, 0.717) is 22.9 Å². The summed E-state index contributed by atoms with van der Waals surface area (Å²) in [7, 11) is -3.87. The zero-order chi connectivity index (χ0) is 22.1. The van der Waals surface area contributed by atoms with Gasteiger partial charge in [-0.2, -0.15) is 0 Å². The van der Waals surface area contributed by atoms with E-state index in [1.54, 1.807) is 54.6 Å². The zero-order valence-electron chi connectivity index (χ0n) is 16.9. The molecule has 1 amide bonds. The van der Waals surface area contributed by atoms with Gasteiger partial charge in [0.2, 0.25) is 6.79 Å².